The van der Waals surface area contributed by atoms with E-state index in [0.29, 0.717) is 18.2 Å². The number of rotatable bonds is 6. The molecule has 0 aliphatic carbocycles. The Hall–Kier alpha value is -2.21. The molecule has 0 spiro atoms. The maximum Gasteiger partial charge on any atom is 0.227 e. The Morgan fingerprint density at radius 1 is 1.22 bits per heavy atom. The standard InChI is InChI=1S/C17H21N3O2S/c1-12-13(2)23-17(18-12)19-16(22)9-10-20(14(3)21)11-15-7-5-4-6-8-15/h4-8H,9-11H2,1-3H3,(H,18,19,22). The van der Waals surface area contributed by atoms with Gasteiger partial charge in [0.2, 0.25) is 11.8 Å². The van der Waals surface area contributed by atoms with Crippen molar-refractivity contribution in [2.75, 3.05) is 11.9 Å². The van der Waals surface area contributed by atoms with E-state index < -0.39 is 0 Å². The molecule has 23 heavy (non-hydrogen) atoms. The first kappa shape index (κ1) is 17.1. The van der Waals surface area contributed by atoms with E-state index in [-0.39, 0.29) is 18.2 Å². The number of amides is 2. The Kier molecular flexibility index (Phi) is 5.87. The van der Waals surface area contributed by atoms with Crippen LogP contribution in [0.15, 0.2) is 30.3 Å². The van der Waals surface area contributed by atoms with Crippen LogP contribution in [0.25, 0.3) is 0 Å². The first-order valence-corrected chi connectivity index (χ1v) is 8.30. The third kappa shape index (κ3) is 5.17. The number of carbonyl (C=O) groups excluding carboxylic acids is 2. The summed E-state index contributed by atoms with van der Waals surface area (Å²) in [6, 6.07) is 9.75. The summed E-state index contributed by atoms with van der Waals surface area (Å²) in [6.07, 6.45) is 0.254. The van der Waals surface area contributed by atoms with Gasteiger partial charge in [-0.2, -0.15) is 0 Å². The minimum atomic E-state index is -0.127. The lowest BCUT2D eigenvalue weighted by Gasteiger charge is -2.20. The summed E-state index contributed by atoms with van der Waals surface area (Å²) in [7, 11) is 0. The van der Waals surface area contributed by atoms with Crippen molar-refractivity contribution < 1.29 is 9.59 Å². The number of carbonyl (C=O) groups is 2. The first-order valence-electron chi connectivity index (χ1n) is 7.49. The number of nitrogens with zero attached hydrogens (tertiary/aromatic N) is 2. The van der Waals surface area contributed by atoms with E-state index >= 15 is 0 Å². The SMILES string of the molecule is CC(=O)N(CCC(=O)Nc1nc(C)c(C)s1)Cc1ccccc1. The van der Waals surface area contributed by atoms with Crippen molar-refractivity contribution in [2.45, 2.75) is 33.7 Å². The van der Waals surface area contributed by atoms with Gasteiger partial charge in [0, 0.05) is 31.3 Å². The number of benzene rings is 1. The monoisotopic (exact) mass is 331 g/mol. The summed E-state index contributed by atoms with van der Waals surface area (Å²) in [5, 5.41) is 3.41. The molecule has 0 bridgehead atoms. The lowest BCUT2D eigenvalue weighted by molar-refractivity contribution is -0.129. The largest absolute Gasteiger partial charge is 0.338 e. The van der Waals surface area contributed by atoms with Gasteiger partial charge in [0.05, 0.1) is 5.69 Å². The molecule has 1 N–H and O–H groups in total. The van der Waals surface area contributed by atoms with Gasteiger partial charge in [-0.25, -0.2) is 4.98 Å². The van der Waals surface area contributed by atoms with Crippen LogP contribution >= 0.6 is 11.3 Å². The highest BCUT2D eigenvalue weighted by atomic mass is 32.1. The lowest BCUT2D eigenvalue weighted by Crippen LogP contribution is -2.31. The molecule has 0 radical (unpaired) electrons. The second kappa shape index (κ2) is 7.87. The fraction of sp³-hybridized carbons (Fsp3) is 0.353. The van der Waals surface area contributed by atoms with Crippen LogP contribution in [0.2, 0.25) is 0 Å². The van der Waals surface area contributed by atoms with Crippen LogP contribution in [0.4, 0.5) is 5.13 Å². The lowest BCUT2D eigenvalue weighted by atomic mass is 10.2. The van der Waals surface area contributed by atoms with Crippen molar-refractivity contribution >= 4 is 28.3 Å². The van der Waals surface area contributed by atoms with Crippen LogP contribution < -0.4 is 5.32 Å². The zero-order chi connectivity index (χ0) is 16.8. The number of thiazole rings is 1. The minimum Gasteiger partial charge on any atom is -0.338 e. The third-order valence-electron chi connectivity index (χ3n) is 3.55. The van der Waals surface area contributed by atoms with E-state index in [1.165, 1.54) is 18.3 Å². The average Bonchev–Trinajstić information content (AvgIpc) is 2.82. The van der Waals surface area contributed by atoms with Crippen molar-refractivity contribution in [2.24, 2.45) is 0 Å². The maximum absolute atomic E-state index is 12.0. The van der Waals surface area contributed by atoms with E-state index in [2.05, 4.69) is 10.3 Å². The molecule has 2 aromatic rings. The van der Waals surface area contributed by atoms with Gasteiger partial charge < -0.3 is 10.2 Å². The van der Waals surface area contributed by atoms with Crippen LogP contribution in [0.3, 0.4) is 0 Å². The topological polar surface area (TPSA) is 62.3 Å². The smallest absolute Gasteiger partial charge is 0.227 e. The summed E-state index contributed by atoms with van der Waals surface area (Å²) >= 11 is 1.46. The molecule has 0 saturated heterocycles. The summed E-state index contributed by atoms with van der Waals surface area (Å²) < 4.78 is 0. The second-order valence-electron chi connectivity index (χ2n) is 5.38. The van der Waals surface area contributed by atoms with E-state index in [4.69, 9.17) is 0 Å². The molecule has 0 fully saturated rings. The highest BCUT2D eigenvalue weighted by Crippen LogP contribution is 2.21. The number of aromatic nitrogens is 1. The summed E-state index contributed by atoms with van der Waals surface area (Å²) in [4.78, 5) is 30.8. The molecule has 5 nitrogen and oxygen atoms in total. The van der Waals surface area contributed by atoms with Gasteiger partial charge in [-0.1, -0.05) is 30.3 Å². The number of nitrogens with one attached hydrogen (secondary N) is 1. The number of aryl methyl sites for hydroxylation is 2. The zero-order valence-corrected chi connectivity index (χ0v) is 14.4. The Balaban J connectivity index is 1.88. The number of anilines is 1. The van der Waals surface area contributed by atoms with Crippen LogP contribution in [0.5, 0.6) is 0 Å². The molecular formula is C17H21N3O2S. The number of hydrogen-bond donors (Lipinski definition) is 1. The normalized spacial score (nSPS) is 10.4. The molecule has 2 amide bonds. The van der Waals surface area contributed by atoms with Gasteiger partial charge in [0.25, 0.3) is 0 Å². The predicted molar refractivity (Wildman–Crippen MR) is 92.4 cm³/mol. The van der Waals surface area contributed by atoms with Crippen LogP contribution in [0, 0.1) is 13.8 Å². The van der Waals surface area contributed by atoms with Crippen molar-refractivity contribution in [3.05, 3.63) is 46.5 Å². The van der Waals surface area contributed by atoms with Gasteiger partial charge in [0.1, 0.15) is 0 Å². The molecule has 122 valence electrons. The van der Waals surface area contributed by atoms with Gasteiger partial charge in [-0.3, -0.25) is 9.59 Å². The number of hydrogen-bond acceptors (Lipinski definition) is 4. The van der Waals surface area contributed by atoms with Crippen molar-refractivity contribution in [1.82, 2.24) is 9.88 Å². The second-order valence-corrected chi connectivity index (χ2v) is 6.59. The highest BCUT2D eigenvalue weighted by Gasteiger charge is 2.13. The molecule has 0 saturated carbocycles. The van der Waals surface area contributed by atoms with E-state index in [1.54, 1.807) is 4.90 Å². The Bertz CT molecular complexity index is 663. The molecule has 0 unspecified atom stereocenters. The van der Waals surface area contributed by atoms with Crippen molar-refractivity contribution in [3.8, 4) is 0 Å². The van der Waals surface area contributed by atoms with Crippen LogP contribution in [-0.4, -0.2) is 28.2 Å². The van der Waals surface area contributed by atoms with Crippen molar-refractivity contribution in [3.63, 3.8) is 0 Å². The fourth-order valence-electron chi connectivity index (χ4n) is 2.10. The van der Waals surface area contributed by atoms with Gasteiger partial charge in [-0.15, -0.1) is 11.3 Å². The zero-order valence-electron chi connectivity index (χ0n) is 13.6. The maximum atomic E-state index is 12.0. The predicted octanol–water partition coefficient (Wildman–Crippen LogP) is 3.14. The Morgan fingerprint density at radius 3 is 2.48 bits per heavy atom. The van der Waals surface area contributed by atoms with Gasteiger partial charge in [-0.05, 0) is 19.4 Å². The molecule has 6 heteroatoms. The fourth-order valence-corrected chi connectivity index (χ4v) is 2.93. The van der Waals surface area contributed by atoms with E-state index in [0.717, 1.165) is 16.1 Å². The van der Waals surface area contributed by atoms with Gasteiger partial charge >= 0.3 is 0 Å². The van der Waals surface area contributed by atoms with Crippen LogP contribution in [0.1, 0.15) is 29.5 Å². The van der Waals surface area contributed by atoms with E-state index in [1.807, 2.05) is 44.2 Å². The quantitative estimate of drug-likeness (QED) is 0.884. The van der Waals surface area contributed by atoms with Crippen LogP contribution in [-0.2, 0) is 16.1 Å². The molecule has 0 aliphatic rings. The molecule has 1 aromatic heterocycles. The molecule has 1 aromatic carbocycles. The summed E-state index contributed by atoms with van der Waals surface area (Å²) in [6.45, 7) is 6.31. The molecule has 0 atom stereocenters. The minimum absolute atomic E-state index is 0.0393. The molecule has 0 aliphatic heterocycles. The molecular weight excluding hydrogens is 310 g/mol. The Labute approximate surface area is 140 Å². The third-order valence-corrected chi connectivity index (χ3v) is 4.53. The van der Waals surface area contributed by atoms with E-state index in [9.17, 15) is 9.59 Å². The average molecular weight is 331 g/mol. The summed E-state index contributed by atoms with van der Waals surface area (Å²) in [5.74, 6) is -0.166. The highest BCUT2D eigenvalue weighted by molar-refractivity contribution is 7.15. The van der Waals surface area contributed by atoms with Crippen molar-refractivity contribution in [1.29, 1.82) is 0 Å². The Morgan fingerprint density at radius 2 is 1.91 bits per heavy atom. The molecule has 1 heterocycles. The van der Waals surface area contributed by atoms with Gasteiger partial charge in [0.15, 0.2) is 5.13 Å². The molecule has 2 rings (SSSR count). The first-order chi connectivity index (χ1) is 11.0. The summed E-state index contributed by atoms with van der Waals surface area (Å²) in [5.41, 5.74) is 1.98.